The number of hydrogen-bond donors (Lipinski definition) is 2. The number of halogens is 1. The molecule has 0 atom stereocenters. The highest BCUT2D eigenvalue weighted by Crippen LogP contribution is 2.29. The molecule has 0 aliphatic carbocycles. The number of benzene rings is 1. The molecule has 0 heterocycles. The lowest BCUT2D eigenvalue weighted by atomic mass is 9.93. The molecule has 4 nitrogen and oxygen atoms in total. The number of carbonyl (C=O) groups is 2. The third kappa shape index (κ3) is 2.71. The molecule has 0 unspecified atom stereocenters. The smallest absolute Gasteiger partial charge is 0.337 e. The average Bonchev–Trinajstić information content (AvgIpc) is 2.30. The van der Waals surface area contributed by atoms with Crippen molar-refractivity contribution in [3.05, 3.63) is 39.9 Å². The lowest BCUT2D eigenvalue weighted by Gasteiger charge is -2.12. The Morgan fingerprint density at radius 2 is 2.00 bits per heavy atom. The Morgan fingerprint density at radius 1 is 1.39 bits per heavy atom. The predicted octanol–water partition coefficient (Wildman–Crippen LogP) is 2.54. The van der Waals surface area contributed by atoms with Crippen LogP contribution in [-0.4, -0.2) is 17.0 Å². The number of allylic oxidation sites excluding steroid dienone is 1. The van der Waals surface area contributed by atoms with Gasteiger partial charge < -0.3 is 10.8 Å². The van der Waals surface area contributed by atoms with Gasteiger partial charge in [-0.05, 0) is 25.0 Å². The van der Waals surface area contributed by atoms with E-state index < -0.39 is 11.9 Å². The molecule has 5 heteroatoms. The Balaban J connectivity index is 3.66. The Morgan fingerprint density at radius 3 is 2.44 bits per heavy atom. The van der Waals surface area contributed by atoms with Crippen molar-refractivity contribution in [3.63, 3.8) is 0 Å². The highest BCUT2D eigenvalue weighted by molar-refractivity contribution is 6.38. The first-order chi connectivity index (χ1) is 8.40. The first kappa shape index (κ1) is 14.3. The maximum atomic E-state index is 11.4. The van der Waals surface area contributed by atoms with Crippen LogP contribution in [0.4, 0.5) is 0 Å². The molecule has 0 aromatic heterocycles. The molecule has 1 aromatic rings. The van der Waals surface area contributed by atoms with E-state index in [4.69, 9.17) is 17.3 Å². The first-order valence-corrected chi connectivity index (χ1v) is 5.79. The SMILES string of the molecule is CC/C(Cl)=C(/C(=O)O)c1c(C)cccc1C(N)=O. The zero-order valence-corrected chi connectivity index (χ0v) is 10.9. The van der Waals surface area contributed by atoms with Crippen molar-refractivity contribution in [2.75, 3.05) is 0 Å². The van der Waals surface area contributed by atoms with Crippen LogP contribution in [0.2, 0.25) is 0 Å². The van der Waals surface area contributed by atoms with Gasteiger partial charge in [-0.1, -0.05) is 30.7 Å². The fraction of sp³-hybridized carbons (Fsp3) is 0.231. The predicted molar refractivity (Wildman–Crippen MR) is 70.4 cm³/mol. The summed E-state index contributed by atoms with van der Waals surface area (Å²) in [4.78, 5) is 22.7. The summed E-state index contributed by atoms with van der Waals surface area (Å²) in [7, 11) is 0. The molecule has 1 amide bonds. The molecule has 0 radical (unpaired) electrons. The molecule has 1 aromatic carbocycles. The van der Waals surface area contributed by atoms with E-state index >= 15 is 0 Å². The molecule has 0 spiro atoms. The number of carbonyl (C=O) groups excluding carboxylic acids is 1. The summed E-state index contributed by atoms with van der Waals surface area (Å²) in [6.07, 6.45) is 0.371. The van der Waals surface area contributed by atoms with Gasteiger partial charge in [0.15, 0.2) is 0 Å². The van der Waals surface area contributed by atoms with Crippen molar-refractivity contribution in [2.45, 2.75) is 20.3 Å². The van der Waals surface area contributed by atoms with Gasteiger partial charge in [-0.25, -0.2) is 4.79 Å². The third-order valence-electron chi connectivity index (χ3n) is 2.58. The second kappa shape index (κ2) is 5.69. The molecule has 1 rings (SSSR count). The summed E-state index contributed by atoms with van der Waals surface area (Å²) < 4.78 is 0. The molecule has 0 bridgehead atoms. The molecule has 0 saturated carbocycles. The van der Waals surface area contributed by atoms with Crippen molar-refractivity contribution < 1.29 is 14.7 Å². The number of carboxylic acid groups (broad SMARTS) is 1. The van der Waals surface area contributed by atoms with E-state index in [2.05, 4.69) is 0 Å². The van der Waals surface area contributed by atoms with Gasteiger partial charge in [0.1, 0.15) is 0 Å². The average molecular weight is 268 g/mol. The zero-order chi connectivity index (χ0) is 13.9. The number of carboxylic acids is 1. The van der Waals surface area contributed by atoms with E-state index in [1.807, 2.05) is 0 Å². The molecule has 18 heavy (non-hydrogen) atoms. The van der Waals surface area contributed by atoms with E-state index in [1.54, 1.807) is 26.0 Å². The fourth-order valence-electron chi connectivity index (χ4n) is 1.74. The van der Waals surface area contributed by atoms with Gasteiger partial charge in [-0.2, -0.15) is 0 Å². The van der Waals surface area contributed by atoms with Crippen LogP contribution in [0.15, 0.2) is 23.2 Å². The number of nitrogens with two attached hydrogens (primary N) is 1. The van der Waals surface area contributed by atoms with Crippen LogP contribution in [0.3, 0.4) is 0 Å². The van der Waals surface area contributed by atoms with Crippen LogP contribution in [0, 0.1) is 6.92 Å². The van der Waals surface area contributed by atoms with Crippen molar-refractivity contribution in [1.82, 2.24) is 0 Å². The van der Waals surface area contributed by atoms with Crippen molar-refractivity contribution >= 4 is 29.1 Å². The Hall–Kier alpha value is -1.81. The molecular weight excluding hydrogens is 254 g/mol. The lowest BCUT2D eigenvalue weighted by molar-refractivity contribution is -0.130. The monoisotopic (exact) mass is 267 g/mol. The van der Waals surface area contributed by atoms with Gasteiger partial charge in [0.25, 0.3) is 0 Å². The van der Waals surface area contributed by atoms with Crippen LogP contribution in [0.5, 0.6) is 0 Å². The molecular formula is C13H14ClNO3. The van der Waals surface area contributed by atoms with Crippen LogP contribution >= 0.6 is 11.6 Å². The maximum absolute atomic E-state index is 11.4. The lowest BCUT2D eigenvalue weighted by Crippen LogP contribution is -2.16. The number of rotatable bonds is 4. The minimum atomic E-state index is -1.17. The topological polar surface area (TPSA) is 80.4 Å². The van der Waals surface area contributed by atoms with Gasteiger partial charge >= 0.3 is 5.97 Å². The minimum Gasteiger partial charge on any atom is -0.478 e. The van der Waals surface area contributed by atoms with Crippen LogP contribution in [0.1, 0.15) is 34.8 Å². The molecule has 0 aliphatic rings. The third-order valence-corrected chi connectivity index (χ3v) is 3.04. The van der Waals surface area contributed by atoms with Crippen molar-refractivity contribution in [1.29, 1.82) is 0 Å². The van der Waals surface area contributed by atoms with Gasteiger partial charge in [-0.15, -0.1) is 0 Å². The summed E-state index contributed by atoms with van der Waals surface area (Å²) in [5.41, 5.74) is 6.31. The quantitative estimate of drug-likeness (QED) is 0.823. The second-order valence-corrected chi connectivity index (χ2v) is 4.26. The van der Waals surface area contributed by atoms with Gasteiger partial charge in [-0.3, -0.25) is 4.79 Å². The number of primary amides is 1. The van der Waals surface area contributed by atoms with Crippen LogP contribution in [0.25, 0.3) is 5.57 Å². The molecule has 0 saturated heterocycles. The molecule has 3 N–H and O–H groups in total. The van der Waals surface area contributed by atoms with E-state index in [0.29, 0.717) is 17.5 Å². The van der Waals surface area contributed by atoms with E-state index in [1.165, 1.54) is 6.07 Å². The molecule has 96 valence electrons. The number of amides is 1. The fourth-order valence-corrected chi connectivity index (χ4v) is 1.92. The number of aliphatic carboxylic acids is 1. The summed E-state index contributed by atoms with van der Waals surface area (Å²) in [6, 6.07) is 4.86. The number of hydrogen-bond acceptors (Lipinski definition) is 2. The highest BCUT2D eigenvalue weighted by Gasteiger charge is 2.22. The first-order valence-electron chi connectivity index (χ1n) is 5.41. The van der Waals surface area contributed by atoms with Crippen LogP contribution in [-0.2, 0) is 4.79 Å². The standard InChI is InChI=1S/C13H14ClNO3/c1-3-9(14)11(13(17)18)10-7(2)5-4-6-8(10)12(15)16/h4-6H,3H2,1-2H3,(H2,15,16)(H,17,18)/b11-9-. The Bertz CT molecular complexity index is 535. The van der Waals surface area contributed by atoms with Crippen LogP contribution < -0.4 is 5.73 Å². The van der Waals surface area contributed by atoms with Crippen molar-refractivity contribution in [3.8, 4) is 0 Å². The minimum absolute atomic E-state index is 0.0638. The van der Waals surface area contributed by atoms with E-state index in [0.717, 1.165) is 0 Å². The normalized spacial score (nSPS) is 11.9. The zero-order valence-electron chi connectivity index (χ0n) is 10.2. The van der Waals surface area contributed by atoms with Crippen molar-refractivity contribution in [2.24, 2.45) is 5.73 Å². The van der Waals surface area contributed by atoms with Gasteiger partial charge in [0.05, 0.1) is 5.57 Å². The summed E-state index contributed by atoms with van der Waals surface area (Å²) >= 11 is 5.96. The van der Waals surface area contributed by atoms with E-state index in [9.17, 15) is 14.7 Å². The summed E-state index contributed by atoms with van der Waals surface area (Å²) in [5, 5.41) is 9.46. The largest absolute Gasteiger partial charge is 0.478 e. The molecule has 0 aliphatic heterocycles. The Kier molecular flexibility index (Phi) is 4.50. The second-order valence-electron chi connectivity index (χ2n) is 3.80. The summed E-state index contributed by atoms with van der Waals surface area (Å²) in [5.74, 6) is -1.84. The summed E-state index contributed by atoms with van der Waals surface area (Å²) in [6.45, 7) is 3.46. The maximum Gasteiger partial charge on any atom is 0.337 e. The highest BCUT2D eigenvalue weighted by atomic mass is 35.5. The molecule has 0 fully saturated rings. The van der Waals surface area contributed by atoms with Gasteiger partial charge in [0.2, 0.25) is 5.91 Å². The van der Waals surface area contributed by atoms with E-state index in [-0.39, 0.29) is 16.2 Å². The number of aryl methyl sites for hydroxylation is 1. The van der Waals surface area contributed by atoms with Gasteiger partial charge in [0, 0.05) is 16.2 Å². The Labute approximate surface area is 110 Å².